The summed E-state index contributed by atoms with van der Waals surface area (Å²) in [7, 11) is 0. The number of amides is 1. The Morgan fingerprint density at radius 3 is 2.59 bits per heavy atom. The highest BCUT2D eigenvalue weighted by molar-refractivity contribution is 7.13. The average molecular weight is 447 g/mol. The van der Waals surface area contributed by atoms with Crippen LogP contribution in [0.4, 0.5) is 0 Å². The van der Waals surface area contributed by atoms with Crippen molar-refractivity contribution in [3.05, 3.63) is 70.7 Å². The van der Waals surface area contributed by atoms with Crippen molar-refractivity contribution in [3.63, 3.8) is 0 Å². The second kappa shape index (κ2) is 10.4. The summed E-state index contributed by atoms with van der Waals surface area (Å²) < 4.78 is 5.49. The van der Waals surface area contributed by atoms with Gasteiger partial charge in [0.05, 0.1) is 18.2 Å². The molecule has 0 aliphatic carbocycles. The lowest BCUT2D eigenvalue weighted by molar-refractivity contribution is 0.0756. The zero-order chi connectivity index (χ0) is 22.3. The fraction of sp³-hybridized carbons (Fsp3) is 0.320. The first-order chi connectivity index (χ1) is 15.7. The molecule has 1 amide bonds. The maximum absolute atomic E-state index is 13.1. The van der Waals surface area contributed by atoms with Crippen molar-refractivity contribution in [2.24, 2.45) is 0 Å². The monoisotopic (exact) mass is 446 g/mol. The van der Waals surface area contributed by atoms with E-state index < -0.39 is 0 Å². The van der Waals surface area contributed by atoms with E-state index in [0.717, 1.165) is 48.9 Å². The van der Waals surface area contributed by atoms with Crippen molar-refractivity contribution in [3.8, 4) is 22.4 Å². The van der Waals surface area contributed by atoms with E-state index in [1.807, 2.05) is 65.7 Å². The minimum Gasteiger partial charge on any atom is -0.494 e. The summed E-state index contributed by atoms with van der Waals surface area (Å²) in [6.45, 7) is 6.60. The molecule has 2 aromatic carbocycles. The van der Waals surface area contributed by atoms with Crippen LogP contribution in [0.3, 0.4) is 0 Å². The van der Waals surface area contributed by atoms with Gasteiger partial charge in [0.2, 0.25) is 0 Å². The van der Waals surface area contributed by atoms with Gasteiger partial charge in [-0.1, -0.05) is 12.1 Å². The summed E-state index contributed by atoms with van der Waals surface area (Å²) >= 11 is 1.49. The Bertz CT molecular complexity index is 1090. The number of nitrogens with zero attached hydrogens (tertiary/aromatic N) is 4. The van der Waals surface area contributed by atoms with Crippen LogP contribution < -0.4 is 4.74 Å². The molecule has 0 atom stereocenters. The van der Waals surface area contributed by atoms with E-state index in [0.29, 0.717) is 24.4 Å². The van der Waals surface area contributed by atoms with Gasteiger partial charge in [-0.15, -0.1) is 11.3 Å². The zero-order valence-corrected chi connectivity index (χ0v) is 19.0. The molecule has 1 aliphatic rings. The van der Waals surface area contributed by atoms with Gasteiger partial charge in [-0.2, -0.15) is 5.26 Å². The lowest BCUT2D eigenvalue weighted by atomic mass is 10.1. The van der Waals surface area contributed by atoms with Gasteiger partial charge in [0.25, 0.3) is 5.91 Å². The molecule has 1 aliphatic heterocycles. The Morgan fingerprint density at radius 2 is 1.88 bits per heavy atom. The molecule has 2 heterocycles. The Labute approximate surface area is 192 Å². The second-order valence-electron chi connectivity index (χ2n) is 7.73. The van der Waals surface area contributed by atoms with E-state index >= 15 is 0 Å². The van der Waals surface area contributed by atoms with Crippen LogP contribution in [0.15, 0.2) is 53.9 Å². The summed E-state index contributed by atoms with van der Waals surface area (Å²) in [5.74, 6) is 0.831. The second-order valence-corrected chi connectivity index (χ2v) is 8.58. The maximum atomic E-state index is 13.1. The van der Waals surface area contributed by atoms with Crippen molar-refractivity contribution in [1.29, 1.82) is 5.26 Å². The quantitative estimate of drug-likeness (QED) is 0.560. The molecular weight excluding hydrogens is 420 g/mol. The first-order valence-corrected chi connectivity index (χ1v) is 11.7. The normalized spacial score (nSPS) is 14.6. The van der Waals surface area contributed by atoms with Crippen molar-refractivity contribution < 1.29 is 9.53 Å². The Balaban J connectivity index is 1.36. The molecule has 1 aromatic heterocycles. The molecule has 6 nitrogen and oxygen atoms in total. The molecule has 0 radical (unpaired) electrons. The molecule has 164 valence electrons. The van der Waals surface area contributed by atoms with E-state index in [1.54, 1.807) is 0 Å². The van der Waals surface area contributed by atoms with Crippen molar-refractivity contribution in [2.75, 3.05) is 32.8 Å². The van der Waals surface area contributed by atoms with E-state index in [4.69, 9.17) is 10.00 Å². The first kappa shape index (κ1) is 22.0. The summed E-state index contributed by atoms with van der Waals surface area (Å²) in [5.41, 5.74) is 3.36. The maximum Gasteiger partial charge on any atom is 0.273 e. The third kappa shape index (κ3) is 5.34. The van der Waals surface area contributed by atoms with Gasteiger partial charge in [0.15, 0.2) is 0 Å². The van der Waals surface area contributed by atoms with Crippen LogP contribution in [0.5, 0.6) is 5.75 Å². The Hall–Kier alpha value is -3.21. The number of aromatic nitrogens is 1. The van der Waals surface area contributed by atoms with Gasteiger partial charge in [-0.25, -0.2) is 4.98 Å². The number of nitriles is 1. The van der Waals surface area contributed by atoms with E-state index in [9.17, 15) is 4.79 Å². The predicted molar refractivity (Wildman–Crippen MR) is 126 cm³/mol. The predicted octanol–water partition coefficient (Wildman–Crippen LogP) is 4.43. The number of carbonyl (C=O) groups excluding carboxylic acids is 1. The number of benzene rings is 2. The fourth-order valence-electron chi connectivity index (χ4n) is 3.80. The van der Waals surface area contributed by atoms with Gasteiger partial charge in [-0.05, 0) is 55.3 Å². The number of rotatable bonds is 6. The van der Waals surface area contributed by atoms with Crippen LogP contribution in [-0.4, -0.2) is 53.5 Å². The van der Waals surface area contributed by atoms with Crippen LogP contribution in [-0.2, 0) is 6.54 Å². The molecule has 0 saturated carbocycles. The fourth-order valence-corrected chi connectivity index (χ4v) is 4.60. The molecule has 0 unspecified atom stereocenters. The third-order valence-corrected chi connectivity index (χ3v) is 6.39. The number of ether oxygens (including phenoxy) is 1. The average Bonchev–Trinajstić information content (AvgIpc) is 3.20. The van der Waals surface area contributed by atoms with Crippen LogP contribution in [0, 0.1) is 11.3 Å². The van der Waals surface area contributed by atoms with Gasteiger partial charge < -0.3 is 9.64 Å². The van der Waals surface area contributed by atoms with Crippen molar-refractivity contribution >= 4 is 17.2 Å². The number of hydrogen-bond acceptors (Lipinski definition) is 6. The smallest absolute Gasteiger partial charge is 0.273 e. The lowest BCUT2D eigenvalue weighted by Crippen LogP contribution is -2.35. The lowest BCUT2D eigenvalue weighted by Gasteiger charge is -2.21. The molecule has 0 bridgehead atoms. The minimum absolute atomic E-state index is 0.00124. The largest absolute Gasteiger partial charge is 0.494 e. The van der Waals surface area contributed by atoms with Crippen LogP contribution in [0.1, 0.15) is 35.0 Å². The van der Waals surface area contributed by atoms with E-state index in [1.165, 1.54) is 16.9 Å². The van der Waals surface area contributed by atoms with Crippen LogP contribution >= 0.6 is 11.3 Å². The van der Waals surface area contributed by atoms with Gasteiger partial charge in [-0.3, -0.25) is 9.69 Å². The number of carbonyl (C=O) groups is 1. The molecule has 7 heteroatoms. The van der Waals surface area contributed by atoms with Gasteiger partial charge in [0.1, 0.15) is 16.5 Å². The van der Waals surface area contributed by atoms with Gasteiger partial charge in [0, 0.05) is 43.7 Å². The summed E-state index contributed by atoms with van der Waals surface area (Å²) in [4.78, 5) is 22.0. The topological polar surface area (TPSA) is 69.5 Å². The molecule has 1 saturated heterocycles. The SMILES string of the molecule is CCOc1ccc(-c2nc(C(=O)N3CCCN(Cc4ccc(C#N)cc4)CC3)cs2)cc1. The van der Waals surface area contributed by atoms with Crippen molar-refractivity contribution in [2.45, 2.75) is 19.9 Å². The summed E-state index contributed by atoms with van der Waals surface area (Å²) in [5, 5.41) is 11.6. The molecule has 4 rings (SSSR count). The number of hydrogen-bond donors (Lipinski definition) is 0. The minimum atomic E-state index is -0.00124. The molecular formula is C25H26N4O2S. The molecule has 0 spiro atoms. The summed E-state index contributed by atoms with van der Waals surface area (Å²) in [6, 6.07) is 17.7. The van der Waals surface area contributed by atoms with Crippen LogP contribution in [0.2, 0.25) is 0 Å². The number of thiazole rings is 1. The molecule has 1 fully saturated rings. The molecule has 3 aromatic rings. The van der Waals surface area contributed by atoms with Crippen molar-refractivity contribution in [1.82, 2.24) is 14.8 Å². The standard InChI is InChI=1S/C25H26N4O2S/c1-2-31-22-10-8-21(9-11-22)24-27-23(18-32-24)25(30)29-13-3-12-28(14-15-29)17-20-6-4-19(16-26)5-7-20/h4-11,18H,2-3,12-15,17H2,1H3. The Kier molecular flexibility index (Phi) is 7.15. The zero-order valence-electron chi connectivity index (χ0n) is 18.2. The van der Waals surface area contributed by atoms with E-state index in [2.05, 4.69) is 16.0 Å². The highest BCUT2D eigenvalue weighted by atomic mass is 32.1. The van der Waals surface area contributed by atoms with E-state index in [-0.39, 0.29) is 5.91 Å². The van der Waals surface area contributed by atoms with Gasteiger partial charge >= 0.3 is 0 Å². The molecule has 0 N–H and O–H groups in total. The molecule has 32 heavy (non-hydrogen) atoms. The third-order valence-electron chi connectivity index (χ3n) is 5.50. The Morgan fingerprint density at radius 1 is 1.09 bits per heavy atom. The van der Waals surface area contributed by atoms with Crippen LogP contribution in [0.25, 0.3) is 10.6 Å². The highest BCUT2D eigenvalue weighted by Gasteiger charge is 2.22. The summed E-state index contributed by atoms with van der Waals surface area (Å²) in [6.07, 6.45) is 0.928. The highest BCUT2D eigenvalue weighted by Crippen LogP contribution is 2.26. The first-order valence-electron chi connectivity index (χ1n) is 10.9.